The highest BCUT2D eigenvalue weighted by atomic mass is 35.5. The average molecular weight is 622 g/mol. The maximum atomic E-state index is 6.87. The number of hydrogen-bond donors (Lipinski definition) is 0. The Bertz CT molecular complexity index is 2580. The molecule has 0 amide bonds. The fourth-order valence-corrected chi connectivity index (χ4v) is 7.13. The lowest BCUT2D eigenvalue weighted by Gasteiger charge is -2.27. The van der Waals surface area contributed by atoms with E-state index < -0.39 is 0 Å². The monoisotopic (exact) mass is 621 g/mol. The lowest BCUT2D eigenvalue weighted by atomic mass is 9.90. The maximum Gasteiger partial charge on any atom is 0.156 e. The normalized spacial score (nSPS) is 11.5. The molecule has 0 aliphatic rings. The number of halogens is 1. The summed E-state index contributed by atoms with van der Waals surface area (Å²) >= 11 is 6.87. The van der Waals surface area contributed by atoms with Gasteiger partial charge < -0.3 is 9.32 Å². The second kappa shape index (κ2) is 11.2. The molecule has 0 spiro atoms. The molecule has 0 N–H and O–H groups in total. The van der Waals surface area contributed by atoms with Crippen molar-refractivity contribution in [3.05, 3.63) is 175 Å². The molecule has 47 heavy (non-hydrogen) atoms. The van der Waals surface area contributed by atoms with Gasteiger partial charge in [-0.05, 0) is 92.3 Å². The van der Waals surface area contributed by atoms with Crippen LogP contribution >= 0.6 is 11.6 Å². The van der Waals surface area contributed by atoms with Gasteiger partial charge in [-0.2, -0.15) is 0 Å². The van der Waals surface area contributed by atoms with Gasteiger partial charge in [0.15, 0.2) is 5.58 Å². The van der Waals surface area contributed by atoms with E-state index in [2.05, 4.69) is 169 Å². The lowest BCUT2D eigenvalue weighted by Crippen LogP contribution is -2.10. The summed E-state index contributed by atoms with van der Waals surface area (Å²) in [7, 11) is 0. The van der Waals surface area contributed by atoms with Gasteiger partial charge in [-0.15, -0.1) is 0 Å². The Kier molecular flexibility index (Phi) is 6.55. The van der Waals surface area contributed by atoms with E-state index in [1.165, 1.54) is 33.0 Å². The van der Waals surface area contributed by atoms with Crippen LogP contribution in [0.4, 0.5) is 17.1 Å². The zero-order chi connectivity index (χ0) is 31.3. The van der Waals surface area contributed by atoms with E-state index in [0.717, 1.165) is 44.2 Å². The third kappa shape index (κ3) is 4.65. The maximum absolute atomic E-state index is 6.87. The molecule has 3 heteroatoms. The molecule has 222 valence electrons. The summed E-state index contributed by atoms with van der Waals surface area (Å²) in [5.74, 6) is 0. The van der Waals surface area contributed by atoms with E-state index in [0.29, 0.717) is 10.6 Å². The summed E-state index contributed by atoms with van der Waals surface area (Å²) in [6.07, 6.45) is 0. The van der Waals surface area contributed by atoms with Crippen molar-refractivity contribution in [3.8, 4) is 22.3 Å². The van der Waals surface area contributed by atoms with Crippen LogP contribution in [0.15, 0.2) is 174 Å². The number of benzene rings is 8. The lowest BCUT2D eigenvalue weighted by molar-refractivity contribution is 0.669. The van der Waals surface area contributed by atoms with Gasteiger partial charge in [0.2, 0.25) is 0 Å². The molecular weight excluding hydrogens is 594 g/mol. The van der Waals surface area contributed by atoms with Gasteiger partial charge in [0.25, 0.3) is 0 Å². The molecule has 0 radical (unpaired) electrons. The summed E-state index contributed by atoms with van der Waals surface area (Å²) < 4.78 is 6.51. The van der Waals surface area contributed by atoms with Crippen LogP contribution in [0, 0.1) is 0 Å². The molecule has 0 unspecified atom stereocenters. The first-order valence-corrected chi connectivity index (χ1v) is 16.2. The Morgan fingerprint density at radius 2 is 1.13 bits per heavy atom. The molecular formula is C44H28ClNO. The van der Waals surface area contributed by atoms with Crippen LogP contribution in [0.25, 0.3) is 65.7 Å². The third-order valence-corrected chi connectivity index (χ3v) is 9.40. The Balaban J connectivity index is 1.35. The molecule has 1 heterocycles. The van der Waals surface area contributed by atoms with E-state index in [1.807, 2.05) is 6.07 Å². The van der Waals surface area contributed by atoms with Gasteiger partial charge in [0, 0.05) is 16.8 Å². The highest BCUT2D eigenvalue weighted by Gasteiger charge is 2.23. The van der Waals surface area contributed by atoms with Gasteiger partial charge in [0.05, 0.1) is 16.1 Å². The highest BCUT2D eigenvalue weighted by Crippen LogP contribution is 2.47. The minimum absolute atomic E-state index is 0.591. The fraction of sp³-hybridized carbons (Fsp3) is 0. The highest BCUT2D eigenvalue weighted by molar-refractivity contribution is 6.37. The molecule has 0 aliphatic carbocycles. The van der Waals surface area contributed by atoms with Gasteiger partial charge in [0.1, 0.15) is 5.58 Å². The van der Waals surface area contributed by atoms with Crippen molar-refractivity contribution < 1.29 is 4.42 Å². The Morgan fingerprint density at radius 3 is 1.94 bits per heavy atom. The summed E-state index contributed by atoms with van der Waals surface area (Å²) in [6.45, 7) is 0. The van der Waals surface area contributed by atoms with Crippen molar-refractivity contribution in [3.63, 3.8) is 0 Å². The molecule has 0 saturated heterocycles. The van der Waals surface area contributed by atoms with E-state index in [4.69, 9.17) is 16.0 Å². The number of para-hydroxylation sites is 1. The standard InChI is InChI=1S/C44H28ClNO/c45-40-24-25-41(43-39-26-31-15-7-8-16-32(31)27-42(39)47-44(40)43)46(33-18-5-2-6-19-33)34-22-23-36(29-12-3-1-4-13-29)38(28-34)37-21-11-17-30-14-9-10-20-35(30)37/h1-28H. The average Bonchev–Trinajstić information content (AvgIpc) is 3.51. The molecule has 1 aromatic heterocycles. The minimum Gasteiger partial charge on any atom is -0.454 e. The van der Waals surface area contributed by atoms with Crippen LogP contribution in [0.5, 0.6) is 0 Å². The van der Waals surface area contributed by atoms with Gasteiger partial charge in [-0.1, -0.05) is 133 Å². The third-order valence-electron chi connectivity index (χ3n) is 9.10. The number of hydrogen-bond acceptors (Lipinski definition) is 2. The fourth-order valence-electron chi connectivity index (χ4n) is 6.93. The molecule has 0 atom stereocenters. The number of furan rings is 1. The van der Waals surface area contributed by atoms with Crippen molar-refractivity contribution in [2.45, 2.75) is 0 Å². The summed E-state index contributed by atoms with van der Waals surface area (Å²) in [4.78, 5) is 2.33. The SMILES string of the molecule is Clc1ccc(N(c2ccccc2)c2ccc(-c3ccccc3)c(-c3cccc4ccccc34)c2)c2c1oc1cc3ccccc3cc12. The molecule has 0 bridgehead atoms. The van der Waals surface area contributed by atoms with Crippen LogP contribution in [-0.4, -0.2) is 0 Å². The first-order valence-electron chi connectivity index (χ1n) is 15.8. The largest absolute Gasteiger partial charge is 0.454 e. The zero-order valence-electron chi connectivity index (χ0n) is 25.4. The quantitative estimate of drug-likeness (QED) is 0.190. The summed E-state index contributed by atoms with van der Waals surface area (Å²) in [5, 5.41) is 7.34. The molecule has 0 saturated carbocycles. The first kappa shape index (κ1) is 27.5. The van der Waals surface area contributed by atoms with Crippen LogP contribution < -0.4 is 4.90 Å². The molecule has 9 rings (SSSR count). The molecule has 9 aromatic rings. The zero-order valence-corrected chi connectivity index (χ0v) is 26.2. The summed E-state index contributed by atoms with van der Waals surface area (Å²) in [5.41, 5.74) is 9.30. The van der Waals surface area contributed by atoms with E-state index in [1.54, 1.807) is 0 Å². The molecule has 8 aromatic carbocycles. The van der Waals surface area contributed by atoms with Crippen molar-refractivity contribution >= 4 is 72.1 Å². The number of nitrogens with zero attached hydrogens (tertiary/aromatic N) is 1. The van der Waals surface area contributed by atoms with Gasteiger partial charge in [-0.25, -0.2) is 0 Å². The topological polar surface area (TPSA) is 16.4 Å². The molecule has 2 nitrogen and oxygen atoms in total. The Labute approximate surface area is 277 Å². The minimum atomic E-state index is 0.591. The Morgan fingerprint density at radius 1 is 0.447 bits per heavy atom. The molecule has 0 fully saturated rings. The smallest absolute Gasteiger partial charge is 0.156 e. The predicted molar refractivity (Wildman–Crippen MR) is 199 cm³/mol. The number of fused-ring (bicyclic) bond motifs is 5. The first-order chi connectivity index (χ1) is 23.2. The Hall–Kier alpha value is -5.83. The number of anilines is 3. The van der Waals surface area contributed by atoms with Gasteiger partial charge in [-0.3, -0.25) is 0 Å². The van der Waals surface area contributed by atoms with Crippen LogP contribution in [0.3, 0.4) is 0 Å². The van der Waals surface area contributed by atoms with E-state index in [9.17, 15) is 0 Å². The van der Waals surface area contributed by atoms with Crippen molar-refractivity contribution in [2.24, 2.45) is 0 Å². The summed E-state index contributed by atoms with van der Waals surface area (Å²) in [6, 6.07) is 59.9. The van der Waals surface area contributed by atoms with Crippen LogP contribution in [0.1, 0.15) is 0 Å². The van der Waals surface area contributed by atoms with Crippen molar-refractivity contribution in [2.75, 3.05) is 4.90 Å². The predicted octanol–water partition coefficient (Wildman–Crippen LogP) is 13.3. The van der Waals surface area contributed by atoms with Gasteiger partial charge >= 0.3 is 0 Å². The van der Waals surface area contributed by atoms with E-state index in [-0.39, 0.29) is 0 Å². The second-order valence-electron chi connectivity index (χ2n) is 11.9. The van der Waals surface area contributed by atoms with Crippen molar-refractivity contribution in [1.82, 2.24) is 0 Å². The van der Waals surface area contributed by atoms with Crippen LogP contribution in [-0.2, 0) is 0 Å². The second-order valence-corrected chi connectivity index (χ2v) is 12.3. The van der Waals surface area contributed by atoms with Crippen LogP contribution in [0.2, 0.25) is 5.02 Å². The molecule has 0 aliphatic heterocycles. The number of rotatable bonds is 5. The van der Waals surface area contributed by atoms with Crippen molar-refractivity contribution in [1.29, 1.82) is 0 Å². The van der Waals surface area contributed by atoms with E-state index >= 15 is 0 Å².